The average molecular weight is 368 g/mol. The van der Waals surface area contributed by atoms with Crippen LogP contribution in [-0.2, 0) is 0 Å². The summed E-state index contributed by atoms with van der Waals surface area (Å²) in [5.74, 6) is 0.761. The number of benzene rings is 1. The van der Waals surface area contributed by atoms with E-state index in [-0.39, 0.29) is 11.6 Å². The van der Waals surface area contributed by atoms with E-state index < -0.39 is 0 Å². The molecule has 0 radical (unpaired) electrons. The van der Waals surface area contributed by atoms with Gasteiger partial charge < -0.3 is 19.4 Å². The third-order valence-electron chi connectivity index (χ3n) is 5.41. The maximum Gasteiger partial charge on any atom is 0.165 e. The van der Waals surface area contributed by atoms with E-state index in [1.807, 2.05) is 18.2 Å². The predicted octanol–water partition coefficient (Wildman–Crippen LogP) is 2.94. The van der Waals surface area contributed by atoms with Crippen LogP contribution in [0.5, 0.6) is 5.75 Å². The third kappa shape index (κ3) is 3.49. The van der Waals surface area contributed by atoms with Crippen LogP contribution >= 0.6 is 0 Å². The number of fused-ring (bicyclic) bond motifs is 1. The van der Waals surface area contributed by atoms with Gasteiger partial charge in [0.15, 0.2) is 11.6 Å². The van der Waals surface area contributed by atoms with Crippen molar-refractivity contribution in [1.82, 2.24) is 14.7 Å². The van der Waals surface area contributed by atoms with E-state index in [0.717, 1.165) is 36.7 Å². The minimum Gasteiger partial charge on any atom is -0.494 e. The van der Waals surface area contributed by atoms with E-state index in [1.54, 1.807) is 6.07 Å². The lowest BCUT2D eigenvalue weighted by Gasteiger charge is -2.31. The van der Waals surface area contributed by atoms with Gasteiger partial charge in [0.1, 0.15) is 5.84 Å². The van der Waals surface area contributed by atoms with Crippen LogP contribution in [0.3, 0.4) is 0 Å². The number of likely N-dealkylation sites (tertiary alicyclic amines) is 1. The number of ether oxygens (including phenoxy) is 1. The van der Waals surface area contributed by atoms with Crippen LogP contribution in [0.4, 0.5) is 4.39 Å². The summed E-state index contributed by atoms with van der Waals surface area (Å²) < 4.78 is 19.0. The molecule has 1 atom stereocenters. The highest BCUT2D eigenvalue weighted by molar-refractivity contribution is 6.00. The number of hydrogen-bond donors (Lipinski definition) is 0. The second-order valence-corrected chi connectivity index (χ2v) is 7.30. The molecule has 3 aliphatic rings. The summed E-state index contributed by atoms with van der Waals surface area (Å²) in [5.41, 5.74) is 2.78. The molecule has 0 amide bonds. The van der Waals surface area contributed by atoms with Gasteiger partial charge in [0.2, 0.25) is 0 Å². The fourth-order valence-electron chi connectivity index (χ4n) is 3.72. The monoisotopic (exact) mass is 368 g/mol. The van der Waals surface area contributed by atoms with Crippen molar-refractivity contribution in [2.75, 3.05) is 40.8 Å². The van der Waals surface area contributed by atoms with Gasteiger partial charge in [-0.2, -0.15) is 0 Å². The second kappa shape index (κ2) is 7.19. The predicted molar refractivity (Wildman–Crippen MR) is 106 cm³/mol. The Morgan fingerprint density at radius 2 is 2.11 bits per heavy atom. The van der Waals surface area contributed by atoms with E-state index in [2.05, 4.69) is 41.1 Å². The molecule has 0 spiro atoms. The molecule has 0 saturated carbocycles. The van der Waals surface area contributed by atoms with Crippen LogP contribution in [0, 0.1) is 5.82 Å². The Bertz CT molecular complexity index is 856. The van der Waals surface area contributed by atoms with Crippen molar-refractivity contribution in [1.29, 1.82) is 0 Å². The SMILES string of the molecule is COc1ccc(C2=CCN3C=C(N4CC[C@H](N(C)C)C4)C=CC3=N2)cc1F. The maximum absolute atomic E-state index is 14.0. The molecule has 0 aliphatic carbocycles. The first-order valence-corrected chi connectivity index (χ1v) is 9.26. The Labute approximate surface area is 159 Å². The van der Waals surface area contributed by atoms with Gasteiger partial charge >= 0.3 is 0 Å². The first-order valence-electron chi connectivity index (χ1n) is 9.26. The van der Waals surface area contributed by atoms with Gasteiger partial charge in [0.05, 0.1) is 18.5 Å². The van der Waals surface area contributed by atoms with E-state index in [1.165, 1.54) is 25.3 Å². The Hall–Kier alpha value is -2.60. The summed E-state index contributed by atoms with van der Waals surface area (Å²) in [6.07, 6.45) is 9.56. The summed E-state index contributed by atoms with van der Waals surface area (Å²) in [4.78, 5) is 11.6. The van der Waals surface area contributed by atoms with E-state index in [9.17, 15) is 4.39 Å². The second-order valence-electron chi connectivity index (χ2n) is 7.30. The topological polar surface area (TPSA) is 31.3 Å². The van der Waals surface area contributed by atoms with Gasteiger partial charge in [-0.25, -0.2) is 9.38 Å². The number of allylic oxidation sites excluding steroid dienone is 1. The first-order chi connectivity index (χ1) is 13.0. The average Bonchev–Trinajstić information content (AvgIpc) is 3.17. The lowest BCUT2D eigenvalue weighted by Crippen LogP contribution is -2.34. The number of aliphatic imine (C=N–C) groups is 1. The molecule has 6 heteroatoms. The van der Waals surface area contributed by atoms with Gasteiger partial charge in [-0.05, 0) is 56.9 Å². The van der Waals surface area contributed by atoms with E-state index >= 15 is 0 Å². The van der Waals surface area contributed by atoms with Crippen molar-refractivity contribution in [2.24, 2.45) is 4.99 Å². The number of nitrogens with zero attached hydrogens (tertiary/aromatic N) is 4. The fraction of sp³-hybridized carbons (Fsp3) is 0.381. The zero-order chi connectivity index (χ0) is 19.0. The van der Waals surface area contributed by atoms with Crippen LogP contribution in [0.2, 0.25) is 0 Å². The Morgan fingerprint density at radius 1 is 1.26 bits per heavy atom. The van der Waals surface area contributed by atoms with Crippen molar-refractivity contribution < 1.29 is 9.13 Å². The number of rotatable bonds is 4. The molecule has 1 aromatic carbocycles. The third-order valence-corrected chi connectivity index (χ3v) is 5.41. The maximum atomic E-state index is 14.0. The van der Waals surface area contributed by atoms with Crippen LogP contribution in [0.15, 0.2) is 53.3 Å². The first kappa shape index (κ1) is 17.8. The zero-order valence-electron chi connectivity index (χ0n) is 16.0. The highest BCUT2D eigenvalue weighted by Crippen LogP contribution is 2.28. The van der Waals surface area contributed by atoms with Crippen LogP contribution in [0.1, 0.15) is 12.0 Å². The number of hydrogen-bond acceptors (Lipinski definition) is 5. The summed E-state index contributed by atoms with van der Waals surface area (Å²) in [6, 6.07) is 5.56. The van der Waals surface area contributed by atoms with Crippen LogP contribution in [0.25, 0.3) is 5.70 Å². The van der Waals surface area contributed by atoms with Gasteiger partial charge in [0.25, 0.3) is 0 Å². The lowest BCUT2D eigenvalue weighted by atomic mass is 10.1. The summed E-state index contributed by atoms with van der Waals surface area (Å²) in [6.45, 7) is 2.85. The van der Waals surface area contributed by atoms with E-state index in [0.29, 0.717) is 6.04 Å². The molecule has 0 bridgehead atoms. The van der Waals surface area contributed by atoms with E-state index in [4.69, 9.17) is 9.73 Å². The fourth-order valence-corrected chi connectivity index (χ4v) is 3.72. The molecular weight excluding hydrogens is 343 g/mol. The number of methoxy groups -OCH3 is 1. The normalized spacial score (nSPS) is 21.8. The van der Waals surface area contributed by atoms with Gasteiger partial charge in [-0.1, -0.05) is 0 Å². The highest BCUT2D eigenvalue weighted by Gasteiger charge is 2.27. The van der Waals surface area contributed by atoms with Gasteiger partial charge in [0, 0.05) is 37.4 Å². The largest absolute Gasteiger partial charge is 0.494 e. The summed E-state index contributed by atoms with van der Waals surface area (Å²) >= 11 is 0. The van der Waals surface area contributed by atoms with Gasteiger partial charge in [-0.15, -0.1) is 0 Å². The molecule has 27 heavy (non-hydrogen) atoms. The number of likely N-dealkylation sites (N-methyl/N-ethyl adjacent to an activating group) is 1. The van der Waals surface area contributed by atoms with Crippen molar-refractivity contribution in [3.05, 3.63) is 59.7 Å². The Kier molecular flexibility index (Phi) is 4.74. The minimum atomic E-state index is -0.371. The lowest BCUT2D eigenvalue weighted by molar-refractivity contribution is 0.291. The summed E-state index contributed by atoms with van der Waals surface area (Å²) in [5, 5.41) is 0. The number of amidine groups is 1. The molecule has 5 nitrogen and oxygen atoms in total. The standard InChI is InChI=1S/C21H25FN4O/c1-24(2)16-8-10-25(13-16)17-5-7-21-23-19(9-11-26(21)14-17)15-4-6-20(27-3)18(22)12-15/h4-7,9,12,14,16H,8,10-11,13H2,1-3H3/t16-/m0/s1. The molecule has 4 rings (SSSR count). The van der Waals surface area contributed by atoms with Crippen LogP contribution < -0.4 is 4.74 Å². The van der Waals surface area contributed by atoms with Gasteiger partial charge in [-0.3, -0.25) is 0 Å². The molecular formula is C21H25FN4O. The van der Waals surface area contributed by atoms with Crippen molar-refractivity contribution in [2.45, 2.75) is 12.5 Å². The molecule has 3 aliphatic heterocycles. The van der Waals surface area contributed by atoms with Crippen molar-refractivity contribution in [3.8, 4) is 5.75 Å². The summed E-state index contributed by atoms with van der Waals surface area (Å²) in [7, 11) is 5.75. The smallest absolute Gasteiger partial charge is 0.165 e. The molecule has 0 N–H and O–H groups in total. The molecule has 0 aromatic heterocycles. The number of halogens is 1. The molecule has 1 aromatic rings. The molecule has 0 unspecified atom stereocenters. The minimum absolute atomic E-state index is 0.246. The molecule has 1 saturated heterocycles. The van der Waals surface area contributed by atoms with Crippen molar-refractivity contribution >= 4 is 11.5 Å². The van der Waals surface area contributed by atoms with Crippen LogP contribution in [-0.4, -0.2) is 67.4 Å². The van der Waals surface area contributed by atoms with Crippen molar-refractivity contribution in [3.63, 3.8) is 0 Å². The Morgan fingerprint density at radius 3 is 2.81 bits per heavy atom. The molecule has 3 heterocycles. The Balaban J connectivity index is 1.49. The molecule has 1 fully saturated rings. The quantitative estimate of drug-likeness (QED) is 0.818. The zero-order valence-corrected chi connectivity index (χ0v) is 16.0. The molecule has 142 valence electrons. The highest BCUT2D eigenvalue weighted by atomic mass is 19.1.